The molecular weight excluding hydrogens is 364 g/mol. The van der Waals surface area contributed by atoms with E-state index >= 15 is 0 Å². The molecule has 160 valence electrons. The molecule has 0 spiro atoms. The summed E-state index contributed by atoms with van der Waals surface area (Å²) in [5.74, 6) is 0.838. The molecule has 4 rings (SSSR count). The summed E-state index contributed by atoms with van der Waals surface area (Å²) < 4.78 is 0. The monoisotopic (exact) mass is 400 g/mol. The molecule has 0 aromatic heterocycles. The first-order valence-corrected chi connectivity index (χ1v) is 11.3. The van der Waals surface area contributed by atoms with Crippen molar-refractivity contribution in [3.8, 4) is 0 Å². The molecule has 2 saturated carbocycles. The van der Waals surface area contributed by atoms with Crippen LogP contribution in [0, 0.1) is 29.1 Å². The number of ketones is 1. The smallest absolute Gasteiger partial charge is 0.159 e. The fraction of sp³-hybridized carbons (Fsp3) is 0.720. The Labute approximate surface area is 174 Å². The molecule has 0 aliphatic heterocycles. The van der Waals surface area contributed by atoms with Gasteiger partial charge in [-0.15, -0.1) is 0 Å². The minimum atomic E-state index is -0.973. The number of rotatable bonds is 3. The molecule has 8 atom stereocenters. The van der Waals surface area contributed by atoms with Crippen LogP contribution in [0.1, 0.15) is 65.7 Å². The third-order valence-electron chi connectivity index (χ3n) is 8.38. The largest absolute Gasteiger partial charge is 0.393 e. The molecule has 2 fully saturated rings. The molecule has 0 aromatic carbocycles. The van der Waals surface area contributed by atoms with Crippen LogP contribution >= 0.6 is 0 Å². The summed E-state index contributed by atoms with van der Waals surface area (Å²) in [5.41, 5.74) is 1.62. The number of aliphatic hydroxyl groups excluding tert-OH is 2. The zero-order valence-corrected chi connectivity index (χ0v) is 18.0. The summed E-state index contributed by atoms with van der Waals surface area (Å²) in [7, 11) is 0. The summed E-state index contributed by atoms with van der Waals surface area (Å²) in [4.78, 5) is 13.0. The van der Waals surface area contributed by atoms with E-state index in [0.717, 1.165) is 32.1 Å². The first-order valence-electron chi connectivity index (χ1n) is 11.3. The van der Waals surface area contributed by atoms with Gasteiger partial charge in [0, 0.05) is 11.8 Å². The number of hydrogen-bond acceptors (Lipinski definition) is 4. The molecule has 0 radical (unpaired) electrons. The molecule has 0 unspecified atom stereocenters. The van der Waals surface area contributed by atoms with E-state index in [0.29, 0.717) is 24.7 Å². The van der Waals surface area contributed by atoms with E-state index in [-0.39, 0.29) is 23.0 Å². The molecule has 4 aliphatic rings. The van der Waals surface area contributed by atoms with Crippen molar-refractivity contribution in [1.29, 1.82) is 0 Å². The Morgan fingerprint density at radius 2 is 2.07 bits per heavy atom. The predicted octanol–water partition coefficient (Wildman–Crippen LogP) is 3.71. The van der Waals surface area contributed by atoms with E-state index in [9.17, 15) is 20.1 Å². The molecule has 0 aromatic rings. The van der Waals surface area contributed by atoms with Gasteiger partial charge >= 0.3 is 0 Å². The molecule has 0 saturated heterocycles. The van der Waals surface area contributed by atoms with Crippen molar-refractivity contribution in [3.05, 3.63) is 35.5 Å². The van der Waals surface area contributed by atoms with E-state index in [4.69, 9.17) is 0 Å². The highest BCUT2D eigenvalue weighted by Crippen LogP contribution is 2.63. The van der Waals surface area contributed by atoms with Crippen LogP contribution in [0.4, 0.5) is 0 Å². The third kappa shape index (κ3) is 3.68. The van der Waals surface area contributed by atoms with Gasteiger partial charge < -0.3 is 15.3 Å². The minimum absolute atomic E-state index is 0.0519. The molecule has 3 N–H and O–H groups in total. The number of allylic oxidation sites excluding steroid dienone is 3. The second kappa shape index (κ2) is 7.47. The van der Waals surface area contributed by atoms with Gasteiger partial charge in [-0.2, -0.15) is 0 Å². The van der Waals surface area contributed by atoms with Crippen LogP contribution in [0.15, 0.2) is 35.5 Å². The van der Waals surface area contributed by atoms with Gasteiger partial charge in [-0.05, 0) is 82.1 Å². The van der Waals surface area contributed by atoms with Crippen LogP contribution in [0.25, 0.3) is 0 Å². The van der Waals surface area contributed by atoms with Crippen LogP contribution in [-0.2, 0) is 4.79 Å². The maximum atomic E-state index is 13.0. The van der Waals surface area contributed by atoms with Crippen LogP contribution in [-0.4, -0.2) is 38.9 Å². The van der Waals surface area contributed by atoms with Gasteiger partial charge in [0.05, 0.1) is 17.8 Å². The highest BCUT2D eigenvalue weighted by Gasteiger charge is 2.57. The van der Waals surface area contributed by atoms with Crippen molar-refractivity contribution in [2.45, 2.75) is 83.5 Å². The number of carbonyl (C=O) groups excluding carboxylic acids is 1. The fourth-order valence-electron chi connectivity index (χ4n) is 6.95. The van der Waals surface area contributed by atoms with Crippen LogP contribution in [0.5, 0.6) is 0 Å². The summed E-state index contributed by atoms with van der Waals surface area (Å²) in [5, 5.41) is 31.1. The fourth-order valence-corrected chi connectivity index (χ4v) is 6.95. The molecular formula is C25H36O4. The van der Waals surface area contributed by atoms with Crippen LogP contribution < -0.4 is 0 Å². The number of fused-ring (bicyclic) bond motifs is 6. The lowest BCUT2D eigenvalue weighted by Gasteiger charge is -2.49. The Kier molecular flexibility index (Phi) is 5.42. The number of hydrogen-bond donors (Lipinski definition) is 3. The first kappa shape index (κ1) is 21.0. The molecule has 0 heterocycles. The molecule has 0 amide bonds. The SMILES string of the molecule is C[C@@H](O)/C=C/[C@@](C)(O)[C@H]1CC[C@H]2C3=CC(=O)[C@H]4CC(=CC[C@@H](O)C4)[C@H]3CC[C@@]21C. The standard InChI is InChI=1S/C25H36O4/c1-15(26)8-11-25(3,29)23-7-6-21-20-14-22(28)17-12-16(4-5-18(27)13-17)19(20)9-10-24(21,23)2/h4,8,11,14-15,17-19,21,23,26-27,29H,5-7,9-10,12-13H2,1-3H3/b11-8+/t15-,17+,18-,19-,21+,23+,24+,25-/m1/s1. The maximum absolute atomic E-state index is 13.0. The minimum Gasteiger partial charge on any atom is -0.393 e. The van der Waals surface area contributed by atoms with Gasteiger partial charge in [0.15, 0.2) is 5.78 Å². The Balaban J connectivity index is 1.67. The quantitative estimate of drug-likeness (QED) is 0.631. The zero-order chi connectivity index (χ0) is 21.0. The summed E-state index contributed by atoms with van der Waals surface area (Å²) in [6.07, 6.45) is 12.6. The second-order valence-corrected chi connectivity index (χ2v) is 10.5. The Hall–Kier alpha value is -1.23. The van der Waals surface area contributed by atoms with E-state index < -0.39 is 17.8 Å². The lowest BCUT2D eigenvalue weighted by atomic mass is 9.57. The van der Waals surface area contributed by atoms with Gasteiger partial charge in [-0.1, -0.05) is 36.3 Å². The maximum Gasteiger partial charge on any atom is 0.159 e. The van der Waals surface area contributed by atoms with Crippen molar-refractivity contribution < 1.29 is 20.1 Å². The normalized spacial score (nSPS) is 42.8. The predicted molar refractivity (Wildman–Crippen MR) is 113 cm³/mol. The average Bonchev–Trinajstić information content (AvgIpc) is 2.81. The summed E-state index contributed by atoms with van der Waals surface area (Å²) in [6, 6.07) is 0. The van der Waals surface area contributed by atoms with Gasteiger partial charge in [-0.3, -0.25) is 4.79 Å². The van der Waals surface area contributed by atoms with E-state index in [1.165, 1.54) is 11.1 Å². The van der Waals surface area contributed by atoms with Gasteiger partial charge in [0.1, 0.15) is 0 Å². The highest BCUT2D eigenvalue weighted by atomic mass is 16.3. The molecule has 4 heteroatoms. The van der Waals surface area contributed by atoms with E-state index in [1.807, 2.05) is 13.0 Å². The Morgan fingerprint density at radius 3 is 2.79 bits per heavy atom. The van der Waals surface area contributed by atoms with Crippen molar-refractivity contribution in [3.63, 3.8) is 0 Å². The molecule has 2 bridgehead atoms. The van der Waals surface area contributed by atoms with Gasteiger partial charge in [0.2, 0.25) is 0 Å². The molecule has 29 heavy (non-hydrogen) atoms. The first-order chi connectivity index (χ1) is 13.6. The van der Waals surface area contributed by atoms with Crippen LogP contribution in [0.3, 0.4) is 0 Å². The summed E-state index contributed by atoms with van der Waals surface area (Å²) >= 11 is 0. The highest BCUT2D eigenvalue weighted by molar-refractivity contribution is 5.93. The lowest BCUT2D eigenvalue weighted by molar-refractivity contribution is -0.119. The van der Waals surface area contributed by atoms with E-state index in [1.54, 1.807) is 19.1 Å². The molecule has 4 nitrogen and oxygen atoms in total. The molecule has 4 aliphatic carbocycles. The van der Waals surface area contributed by atoms with Gasteiger partial charge in [0.25, 0.3) is 0 Å². The topological polar surface area (TPSA) is 77.8 Å². The average molecular weight is 401 g/mol. The van der Waals surface area contributed by atoms with Crippen molar-refractivity contribution in [2.75, 3.05) is 0 Å². The van der Waals surface area contributed by atoms with Gasteiger partial charge in [-0.25, -0.2) is 0 Å². The van der Waals surface area contributed by atoms with Crippen molar-refractivity contribution >= 4 is 5.78 Å². The third-order valence-corrected chi connectivity index (χ3v) is 8.38. The number of aliphatic hydroxyl groups is 3. The van der Waals surface area contributed by atoms with Crippen molar-refractivity contribution in [1.82, 2.24) is 0 Å². The summed E-state index contributed by atoms with van der Waals surface area (Å²) in [6.45, 7) is 5.86. The Morgan fingerprint density at radius 1 is 1.31 bits per heavy atom. The Bertz CT molecular complexity index is 759. The lowest BCUT2D eigenvalue weighted by Crippen LogP contribution is -2.45. The number of carbonyl (C=O) groups is 1. The van der Waals surface area contributed by atoms with Crippen molar-refractivity contribution in [2.24, 2.45) is 29.1 Å². The zero-order valence-electron chi connectivity index (χ0n) is 18.0. The van der Waals surface area contributed by atoms with Crippen LogP contribution in [0.2, 0.25) is 0 Å². The second-order valence-electron chi connectivity index (χ2n) is 10.5. The van der Waals surface area contributed by atoms with E-state index in [2.05, 4.69) is 13.0 Å².